The molecule has 0 amide bonds. The van der Waals surface area contributed by atoms with Gasteiger partial charge in [-0.05, 0) is 23.7 Å². The van der Waals surface area contributed by atoms with Crippen molar-refractivity contribution < 1.29 is 0 Å². The van der Waals surface area contributed by atoms with E-state index in [1.54, 1.807) is 150 Å². The molecule has 4 aliphatic carbocycles. The standard InChI is InChI=1S/4C10H19.Al/c4*1-2-3-7-10-8-5-4-6-9-10;/h4*10H,1-9H2;/q;;;;-1. The summed E-state index contributed by atoms with van der Waals surface area (Å²) in [6.45, 7) is 0. The van der Waals surface area contributed by atoms with Crippen molar-refractivity contribution in [2.24, 2.45) is 23.7 Å². The summed E-state index contributed by atoms with van der Waals surface area (Å²) in [5.41, 5.74) is 0. The third-order valence-electron chi connectivity index (χ3n) is 13.6. The van der Waals surface area contributed by atoms with Crippen molar-refractivity contribution in [3.8, 4) is 0 Å². The van der Waals surface area contributed by atoms with Gasteiger partial charge in [-0.1, -0.05) is 205 Å². The van der Waals surface area contributed by atoms with Crippen LogP contribution in [0.1, 0.15) is 205 Å². The molecule has 0 radical (unpaired) electrons. The fourth-order valence-corrected chi connectivity index (χ4v) is 17.2. The topological polar surface area (TPSA) is 0 Å². The van der Waals surface area contributed by atoms with Crippen molar-refractivity contribution in [2.75, 3.05) is 0 Å². The van der Waals surface area contributed by atoms with Crippen LogP contribution in [0.2, 0.25) is 21.1 Å². The molecule has 0 unspecified atom stereocenters. The number of hydrogen-bond acceptors (Lipinski definition) is 0. The molecule has 4 aliphatic rings. The van der Waals surface area contributed by atoms with Crippen molar-refractivity contribution in [3.05, 3.63) is 0 Å². The third kappa shape index (κ3) is 14.5. The van der Waals surface area contributed by atoms with E-state index in [1.807, 2.05) is 0 Å². The Balaban J connectivity index is 1.28. The molecule has 0 aromatic rings. The summed E-state index contributed by atoms with van der Waals surface area (Å²) < 4.78 is 0. The molecule has 0 aromatic carbocycles. The molecule has 0 saturated heterocycles. The molecule has 0 atom stereocenters. The Bertz CT molecular complexity index is 493. The lowest BCUT2D eigenvalue weighted by Gasteiger charge is -2.38. The van der Waals surface area contributed by atoms with Crippen LogP contribution in [-0.2, 0) is 0 Å². The van der Waals surface area contributed by atoms with Gasteiger partial charge in [0.25, 0.3) is 0 Å². The number of rotatable bonds is 20. The molecular weight excluding hydrogens is 507 g/mol. The molecule has 0 spiro atoms. The highest BCUT2D eigenvalue weighted by Crippen LogP contribution is 2.38. The maximum atomic E-state index is 1.75. The Kier molecular flexibility index (Phi) is 17.9. The van der Waals surface area contributed by atoms with Crippen LogP contribution in [0.15, 0.2) is 0 Å². The Labute approximate surface area is 262 Å². The zero-order valence-corrected chi connectivity index (χ0v) is 29.5. The summed E-state index contributed by atoms with van der Waals surface area (Å²) in [4.78, 5) is 0. The first-order valence-corrected chi connectivity index (χ1v) is 23.8. The Morgan fingerprint density at radius 2 is 0.488 bits per heavy atom. The fourth-order valence-electron chi connectivity index (χ4n) is 10.8. The van der Waals surface area contributed by atoms with Crippen LogP contribution in [0, 0.1) is 23.7 Å². The predicted octanol–water partition coefficient (Wildman–Crippen LogP) is 14.4. The van der Waals surface area contributed by atoms with E-state index in [0.717, 1.165) is 23.7 Å². The Hall–Kier alpha value is 0.532. The van der Waals surface area contributed by atoms with Gasteiger partial charge in [0.2, 0.25) is 0 Å². The molecule has 0 aromatic heterocycles. The minimum absolute atomic E-state index is 1.10. The highest BCUT2D eigenvalue weighted by Gasteiger charge is 2.28. The van der Waals surface area contributed by atoms with E-state index in [1.165, 1.54) is 77.0 Å². The molecule has 4 rings (SSSR count). The van der Waals surface area contributed by atoms with Crippen LogP contribution in [0.25, 0.3) is 0 Å². The maximum absolute atomic E-state index is 1.75. The van der Waals surface area contributed by atoms with Crippen LogP contribution in [0.3, 0.4) is 0 Å². The number of unbranched alkanes of at least 4 members (excludes halogenated alkanes) is 4. The van der Waals surface area contributed by atoms with Crippen LogP contribution < -0.4 is 0 Å². The second-order valence-electron chi connectivity index (χ2n) is 16.9. The maximum Gasteiger partial charge on any atom is 0.134 e. The summed E-state index contributed by atoms with van der Waals surface area (Å²) >= 11 is -1.51. The van der Waals surface area contributed by atoms with Crippen molar-refractivity contribution in [2.45, 2.75) is 227 Å². The van der Waals surface area contributed by atoms with Crippen LogP contribution in [0.4, 0.5) is 0 Å². The molecule has 0 bridgehead atoms. The predicted molar refractivity (Wildman–Crippen MR) is 187 cm³/mol. The van der Waals surface area contributed by atoms with Crippen molar-refractivity contribution >= 4 is 13.1 Å². The van der Waals surface area contributed by atoms with Gasteiger partial charge in [0, 0.05) is 0 Å². The van der Waals surface area contributed by atoms with Crippen LogP contribution in [-0.4, -0.2) is 13.1 Å². The SMILES string of the molecule is C1CCC(CCC[CH2][Al-]([CH2]CCCC2CCCCC2)([CH2]CCCC2CCCCC2)[CH2]CCCC2CCCCC2)CC1. The molecule has 0 nitrogen and oxygen atoms in total. The largest absolute Gasteiger partial charge is 0.191 e. The highest BCUT2D eigenvalue weighted by atomic mass is 27.2. The van der Waals surface area contributed by atoms with Gasteiger partial charge in [-0.25, -0.2) is 0 Å². The first kappa shape index (κ1) is 34.4. The summed E-state index contributed by atoms with van der Waals surface area (Å²) in [5, 5.41) is 6.98. The molecule has 4 fully saturated rings. The van der Waals surface area contributed by atoms with Crippen LogP contribution >= 0.6 is 0 Å². The van der Waals surface area contributed by atoms with E-state index >= 15 is 0 Å². The first-order valence-electron chi connectivity index (χ1n) is 20.5. The van der Waals surface area contributed by atoms with E-state index in [4.69, 9.17) is 0 Å². The molecule has 4 saturated carbocycles. The molecule has 41 heavy (non-hydrogen) atoms. The molecule has 240 valence electrons. The van der Waals surface area contributed by atoms with Gasteiger partial charge in [-0.3, -0.25) is 0 Å². The molecule has 0 N–H and O–H groups in total. The summed E-state index contributed by atoms with van der Waals surface area (Å²) in [6.07, 6.45) is 50.0. The van der Waals surface area contributed by atoms with Crippen molar-refractivity contribution in [1.29, 1.82) is 0 Å². The van der Waals surface area contributed by atoms with E-state index in [9.17, 15) is 0 Å². The van der Waals surface area contributed by atoms with Crippen LogP contribution in [0.5, 0.6) is 0 Å². The smallest absolute Gasteiger partial charge is 0.134 e. The summed E-state index contributed by atoms with van der Waals surface area (Å²) in [7, 11) is 0. The minimum atomic E-state index is -1.51. The highest BCUT2D eigenvalue weighted by molar-refractivity contribution is 6.79. The first-order chi connectivity index (χ1) is 20.3. The zero-order valence-electron chi connectivity index (χ0n) is 28.3. The van der Waals surface area contributed by atoms with E-state index in [0.29, 0.717) is 0 Å². The summed E-state index contributed by atoms with van der Waals surface area (Å²) in [6, 6.07) is 0. The second kappa shape index (κ2) is 21.3. The van der Waals surface area contributed by atoms with Gasteiger partial charge in [0.05, 0.1) is 0 Å². The summed E-state index contributed by atoms with van der Waals surface area (Å²) in [5.74, 6) is 4.41. The Morgan fingerprint density at radius 3 is 0.707 bits per heavy atom. The lowest BCUT2D eigenvalue weighted by Crippen LogP contribution is -2.34. The van der Waals surface area contributed by atoms with Gasteiger partial charge in [0.1, 0.15) is 13.1 Å². The second-order valence-corrected chi connectivity index (χ2v) is 22.7. The quantitative estimate of drug-likeness (QED) is 0.0987. The van der Waals surface area contributed by atoms with Gasteiger partial charge in [-0.15, -0.1) is 0 Å². The van der Waals surface area contributed by atoms with E-state index in [2.05, 4.69) is 0 Å². The third-order valence-corrected chi connectivity index (χ3v) is 20.1. The Morgan fingerprint density at radius 1 is 0.268 bits per heavy atom. The zero-order chi connectivity index (χ0) is 28.3. The van der Waals surface area contributed by atoms with E-state index < -0.39 is 13.1 Å². The molecule has 0 aliphatic heterocycles. The fraction of sp³-hybridized carbons (Fsp3) is 1.00. The number of hydrogen-bond donors (Lipinski definition) is 0. The van der Waals surface area contributed by atoms with Gasteiger partial charge >= 0.3 is 0 Å². The lowest BCUT2D eigenvalue weighted by molar-refractivity contribution is 0.329. The monoisotopic (exact) mass is 584 g/mol. The average molecular weight is 584 g/mol. The lowest BCUT2D eigenvalue weighted by atomic mass is 9.86. The minimum Gasteiger partial charge on any atom is -0.191 e. The normalized spacial score (nSPS) is 22.8. The molecule has 0 heterocycles. The van der Waals surface area contributed by atoms with Gasteiger partial charge in [-0.2, -0.15) is 21.1 Å². The van der Waals surface area contributed by atoms with Gasteiger partial charge in [0.15, 0.2) is 0 Å². The molecular formula is C40H76Al-. The van der Waals surface area contributed by atoms with Gasteiger partial charge < -0.3 is 0 Å². The van der Waals surface area contributed by atoms with Crippen molar-refractivity contribution in [3.63, 3.8) is 0 Å². The molecule has 1 heteroatoms. The van der Waals surface area contributed by atoms with E-state index in [-0.39, 0.29) is 0 Å². The van der Waals surface area contributed by atoms with Crippen molar-refractivity contribution in [1.82, 2.24) is 0 Å². The average Bonchev–Trinajstić information content (AvgIpc) is 3.04.